The molecule has 0 radical (unpaired) electrons. The molecule has 1 aromatic heterocycles. The fourth-order valence-electron chi connectivity index (χ4n) is 3.35. The topological polar surface area (TPSA) is 59.8 Å². The smallest absolute Gasteiger partial charge is 0.295 e. The largest absolute Gasteiger partial charge is 0.319 e. The van der Waals surface area contributed by atoms with Gasteiger partial charge < -0.3 is 5.32 Å². The van der Waals surface area contributed by atoms with Crippen LogP contribution < -0.4 is 5.32 Å². The summed E-state index contributed by atoms with van der Waals surface area (Å²) < 4.78 is 1.74. The quantitative estimate of drug-likeness (QED) is 0.461. The molecule has 0 saturated heterocycles. The molecule has 1 amide bonds. The lowest BCUT2D eigenvalue weighted by molar-refractivity contribution is 0.101. The van der Waals surface area contributed by atoms with Gasteiger partial charge in [-0.1, -0.05) is 55.0 Å². The van der Waals surface area contributed by atoms with Crippen molar-refractivity contribution >= 4 is 11.6 Å². The average molecular weight is 411 g/mol. The van der Waals surface area contributed by atoms with E-state index in [9.17, 15) is 4.79 Å². The summed E-state index contributed by atoms with van der Waals surface area (Å²) in [4.78, 5) is 17.5. The highest BCUT2D eigenvalue weighted by atomic mass is 16.2. The van der Waals surface area contributed by atoms with E-state index in [0.717, 1.165) is 34.5 Å². The van der Waals surface area contributed by atoms with E-state index in [2.05, 4.69) is 48.3 Å². The van der Waals surface area contributed by atoms with Crippen molar-refractivity contribution in [1.29, 1.82) is 0 Å². The summed E-state index contributed by atoms with van der Waals surface area (Å²) in [5.41, 5.74) is 7.24. The molecule has 0 saturated carbocycles. The van der Waals surface area contributed by atoms with Crippen LogP contribution in [0.4, 0.5) is 5.69 Å². The number of hydrogen-bond donors (Lipinski definition) is 1. The van der Waals surface area contributed by atoms with E-state index in [0.29, 0.717) is 5.82 Å². The molecule has 1 heterocycles. The van der Waals surface area contributed by atoms with Gasteiger partial charge in [-0.15, -0.1) is 5.10 Å². The molecule has 1 N–H and O–H groups in total. The summed E-state index contributed by atoms with van der Waals surface area (Å²) in [5.74, 6) is 0.434. The normalized spacial score (nSPS) is 10.8. The van der Waals surface area contributed by atoms with E-state index in [1.807, 2.05) is 61.5 Å². The first-order valence-corrected chi connectivity index (χ1v) is 10.5. The number of amides is 1. The molecule has 5 heteroatoms. The Bertz CT molecular complexity index is 1220. The molecule has 31 heavy (non-hydrogen) atoms. The van der Waals surface area contributed by atoms with Crippen LogP contribution in [-0.4, -0.2) is 20.7 Å². The first-order chi connectivity index (χ1) is 14.9. The molecule has 0 fully saturated rings. The zero-order valence-corrected chi connectivity index (χ0v) is 18.3. The molecule has 0 aliphatic heterocycles. The van der Waals surface area contributed by atoms with Crippen LogP contribution in [0.5, 0.6) is 0 Å². The van der Waals surface area contributed by atoms with E-state index in [1.165, 1.54) is 11.1 Å². The number of nitrogens with zero attached hydrogens (tertiary/aromatic N) is 3. The second kappa shape index (κ2) is 8.56. The van der Waals surface area contributed by atoms with Crippen molar-refractivity contribution in [3.63, 3.8) is 0 Å². The first kappa shape index (κ1) is 20.5. The van der Waals surface area contributed by atoms with Crippen LogP contribution in [0.1, 0.15) is 39.8 Å². The van der Waals surface area contributed by atoms with Crippen LogP contribution in [0, 0.1) is 20.8 Å². The molecule has 0 aliphatic carbocycles. The second-order valence-electron chi connectivity index (χ2n) is 7.81. The van der Waals surface area contributed by atoms with Crippen LogP contribution in [-0.2, 0) is 6.42 Å². The number of carbonyl (C=O) groups is 1. The Labute approximate surface area is 182 Å². The molecule has 0 aliphatic rings. The molecule has 0 unspecified atom stereocenters. The third-order valence-electron chi connectivity index (χ3n) is 5.48. The van der Waals surface area contributed by atoms with E-state index in [-0.39, 0.29) is 11.7 Å². The minimum Gasteiger partial charge on any atom is -0.319 e. The van der Waals surface area contributed by atoms with Gasteiger partial charge in [-0.25, -0.2) is 9.67 Å². The Hall–Kier alpha value is -3.73. The van der Waals surface area contributed by atoms with Crippen molar-refractivity contribution in [3.8, 4) is 17.1 Å². The molecule has 0 spiro atoms. The number of aromatic nitrogens is 3. The maximum absolute atomic E-state index is 12.9. The SMILES string of the molecule is CCc1ccc(NC(=O)c2nc(-c3ccc(C)cc3)n(-c3ccc(C)c(C)c3)n2)cc1. The van der Waals surface area contributed by atoms with Gasteiger partial charge in [-0.05, 0) is 68.1 Å². The van der Waals surface area contributed by atoms with Gasteiger partial charge >= 0.3 is 0 Å². The van der Waals surface area contributed by atoms with E-state index >= 15 is 0 Å². The van der Waals surface area contributed by atoms with Crippen LogP contribution >= 0.6 is 0 Å². The van der Waals surface area contributed by atoms with Crippen LogP contribution in [0.25, 0.3) is 17.1 Å². The number of hydrogen-bond acceptors (Lipinski definition) is 3. The molecule has 5 nitrogen and oxygen atoms in total. The number of nitrogens with one attached hydrogen (secondary N) is 1. The predicted octanol–water partition coefficient (Wildman–Crippen LogP) is 5.67. The Morgan fingerprint density at radius 2 is 1.61 bits per heavy atom. The van der Waals surface area contributed by atoms with Gasteiger partial charge in [0.15, 0.2) is 5.82 Å². The van der Waals surface area contributed by atoms with Gasteiger partial charge in [0.25, 0.3) is 5.91 Å². The molecule has 156 valence electrons. The monoisotopic (exact) mass is 410 g/mol. The van der Waals surface area contributed by atoms with Crippen molar-refractivity contribution in [2.75, 3.05) is 5.32 Å². The molecule has 0 atom stereocenters. The fraction of sp³-hybridized carbons (Fsp3) is 0.192. The van der Waals surface area contributed by atoms with Gasteiger partial charge in [0.05, 0.1) is 5.69 Å². The number of aryl methyl sites for hydroxylation is 4. The Morgan fingerprint density at radius 1 is 0.903 bits per heavy atom. The van der Waals surface area contributed by atoms with Crippen LogP contribution in [0.2, 0.25) is 0 Å². The lowest BCUT2D eigenvalue weighted by atomic mass is 10.1. The minimum absolute atomic E-state index is 0.133. The number of carbonyl (C=O) groups excluding carboxylic acids is 1. The summed E-state index contributed by atoms with van der Waals surface area (Å²) in [6, 6.07) is 22.0. The van der Waals surface area contributed by atoms with Crippen LogP contribution in [0.3, 0.4) is 0 Å². The van der Waals surface area contributed by atoms with E-state index < -0.39 is 0 Å². The van der Waals surface area contributed by atoms with Gasteiger partial charge in [0.2, 0.25) is 5.82 Å². The van der Waals surface area contributed by atoms with E-state index in [1.54, 1.807) is 4.68 Å². The Kier molecular flexibility index (Phi) is 5.67. The highest BCUT2D eigenvalue weighted by molar-refractivity contribution is 6.01. The molecule has 3 aromatic carbocycles. The zero-order valence-electron chi connectivity index (χ0n) is 18.3. The lowest BCUT2D eigenvalue weighted by Crippen LogP contribution is -2.14. The van der Waals surface area contributed by atoms with E-state index in [4.69, 9.17) is 0 Å². The van der Waals surface area contributed by atoms with Crippen molar-refractivity contribution in [1.82, 2.24) is 14.8 Å². The van der Waals surface area contributed by atoms with Crippen molar-refractivity contribution < 1.29 is 4.79 Å². The maximum Gasteiger partial charge on any atom is 0.295 e. The first-order valence-electron chi connectivity index (χ1n) is 10.5. The minimum atomic E-state index is -0.333. The summed E-state index contributed by atoms with van der Waals surface area (Å²) >= 11 is 0. The van der Waals surface area contributed by atoms with Gasteiger partial charge in [-0.3, -0.25) is 4.79 Å². The number of anilines is 1. The third kappa shape index (κ3) is 4.40. The number of benzene rings is 3. The fourth-order valence-corrected chi connectivity index (χ4v) is 3.35. The van der Waals surface area contributed by atoms with Gasteiger partial charge in [0.1, 0.15) is 0 Å². The van der Waals surface area contributed by atoms with Crippen molar-refractivity contribution in [2.45, 2.75) is 34.1 Å². The van der Waals surface area contributed by atoms with Crippen molar-refractivity contribution in [3.05, 3.63) is 94.8 Å². The molecule has 4 aromatic rings. The Morgan fingerprint density at radius 3 is 2.26 bits per heavy atom. The summed E-state index contributed by atoms with van der Waals surface area (Å²) in [6.45, 7) is 8.28. The molecule has 4 rings (SSSR count). The number of rotatable bonds is 5. The average Bonchev–Trinajstić information content (AvgIpc) is 3.22. The summed E-state index contributed by atoms with van der Waals surface area (Å²) in [6.07, 6.45) is 0.954. The highest BCUT2D eigenvalue weighted by Crippen LogP contribution is 2.23. The van der Waals surface area contributed by atoms with Crippen molar-refractivity contribution in [2.24, 2.45) is 0 Å². The maximum atomic E-state index is 12.9. The Balaban J connectivity index is 1.73. The van der Waals surface area contributed by atoms with Crippen LogP contribution in [0.15, 0.2) is 66.7 Å². The summed E-state index contributed by atoms with van der Waals surface area (Å²) in [5, 5.41) is 7.48. The van der Waals surface area contributed by atoms with Gasteiger partial charge in [0, 0.05) is 11.3 Å². The molecular weight excluding hydrogens is 384 g/mol. The molecular formula is C26H26N4O. The lowest BCUT2D eigenvalue weighted by Gasteiger charge is -2.08. The third-order valence-corrected chi connectivity index (χ3v) is 5.48. The zero-order chi connectivity index (χ0) is 22.0. The second-order valence-corrected chi connectivity index (χ2v) is 7.81. The molecule has 0 bridgehead atoms. The predicted molar refractivity (Wildman–Crippen MR) is 125 cm³/mol. The van der Waals surface area contributed by atoms with Gasteiger partial charge in [-0.2, -0.15) is 0 Å². The summed E-state index contributed by atoms with van der Waals surface area (Å²) in [7, 11) is 0. The standard InChI is InChI=1S/C26H26N4O/c1-5-20-9-13-22(14-10-20)27-26(31)24-28-25(21-11-6-17(2)7-12-21)30(29-24)23-15-8-18(3)19(4)16-23/h6-16H,5H2,1-4H3,(H,27,31). The highest BCUT2D eigenvalue weighted by Gasteiger charge is 2.19.